The average molecular weight is 217 g/mol. The van der Waals surface area contributed by atoms with Gasteiger partial charge in [-0.25, -0.2) is 4.98 Å². The highest BCUT2D eigenvalue weighted by Crippen LogP contribution is 2.41. The monoisotopic (exact) mass is 217 g/mol. The molecule has 0 aromatic carbocycles. The van der Waals surface area contributed by atoms with Gasteiger partial charge in [-0.1, -0.05) is 6.42 Å². The summed E-state index contributed by atoms with van der Waals surface area (Å²) in [5.74, 6) is 0.976. The number of hydrogen-bond donors (Lipinski definition) is 1. The van der Waals surface area contributed by atoms with Crippen LogP contribution < -0.4 is 5.73 Å². The fourth-order valence-corrected chi connectivity index (χ4v) is 2.37. The number of aromatic nitrogens is 4. The molecule has 0 amide bonds. The summed E-state index contributed by atoms with van der Waals surface area (Å²) in [6.07, 6.45) is 5.25. The molecule has 0 radical (unpaired) electrons. The van der Waals surface area contributed by atoms with Crippen LogP contribution in [0.25, 0.3) is 5.65 Å². The fraction of sp³-hybridized carbons (Fsp3) is 0.545. The van der Waals surface area contributed by atoms with E-state index in [2.05, 4.69) is 15.2 Å². The van der Waals surface area contributed by atoms with Gasteiger partial charge in [0, 0.05) is 23.7 Å². The molecule has 2 N–H and O–H groups in total. The molecule has 0 aliphatic heterocycles. The van der Waals surface area contributed by atoms with Crippen molar-refractivity contribution in [2.24, 2.45) is 5.73 Å². The van der Waals surface area contributed by atoms with Gasteiger partial charge in [0.15, 0.2) is 5.65 Å². The molecular formula is C11H15N5. The maximum absolute atomic E-state index is 5.88. The third-order valence-corrected chi connectivity index (χ3v) is 3.61. The van der Waals surface area contributed by atoms with Crippen molar-refractivity contribution in [2.45, 2.75) is 31.6 Å². The molecule has 5 heteroatoms. The van der Waals surface area contributed by atoms with Crippen LogP contribution in [0.15, 0.2) is 12.4 Å². The van der Waals surface area contributed by atoms with E-state index in [-0.39, 0.29) is 5.41 Å². The molecule has 1 fully saturated rings. The summed E-state index contributed by atoms with van der Waals surface area (Å²) in [4.78, 5) is 4.29. The Morgan fingerprint density at radius 1 is 1.44 bits per heavy atom. The van der Waals surface area contributed by atoms with E-state index in [0.717, 1.165) is 30.0 Å². The van der Waals surface area contributed by atoms with Crippen LogP contribution in [0.4, 0.5) is 0 Å². The van der Waals surface area contributed by atoms with Crippen molar-refractivity contribution < 1.29 is 0 Å². The maximum Gasteiger partial charge on any atom is 0.163 e. The molecule has 84 valence electrons. The molecule has 0 bridgehead atoms. The summed E-state index contributed by atoms with van der Waals surface area (Å²) in [5.41, 5.74) is 7.74. The van der Waals surface area contributed by atoms with E-state index in [1.807, 2.05) is 17.4 Å². The highest BCUT2D eigenvalue weighted by atomic mass is 15.3. The van der Waals surface area contributed by atoms with Gasteiger partial charge in [-0.2, -0.15) is 0 Å². The van der Waals surface area contributed by atoms with Gasteiger partial charge >= 0.3 is 0 Å². The molecular weight excluding hydrogens is 202 g/mol. The van der Waals surface area contributed by atoms with Gasteiger partial charge in [0.1, 0.15) is 12.2 Å². The van der Waals surface area contributed by atoms with Crippen molar-refractivity contribution >= 4 is 5.65 Å². The predicted molar refractivity (Wildman–Crippen MR) is 60.1 cm³/mol. The van der Waals surface area contributed by atoms with E-state index in [0.29, 0.717) is 6.54 Å². The second-order valence-corrected chi connectivity index (χ2v) is 4.62. The first-order chi connectivity index (χ1) is 7.75. The Morgan fingerprint density at radius 3 is 2.88 bits per heavy atom. The van der Waals surface area contributed by atoms with Crippen molar-refractivity contribution in [1.29, 1.82) is 0 Å². The number of nitrogens with two attached hydrogens (primary N) is 1. The van der Waals surface area contributed by atoms with E-state index >= 15 is 0 Å². The highest BCUT2D eigenvalue weighted by Gasteiger charge is 2.41. The van der Waals surface area contributed by atoms with Crippen LogP contribution in [-0.2, 0) is 5.41 Å². The summed E-state index contributed by atoms with van der Waals surface area (Å²) >= 11 is 0. The summed E-state index contributed by atoms with van der Waals surface area (Å²) in [6, 6.07) is 1.94. The van der Waals surface area contributed by atoms with Crippen molar-refractivity contribution in [3.05, 3.63) is 23.9 Å². The topological polar surface area (TPSA) is 69.1 Å². The molecule has 2 heterocycles. The Hall–Kier alpha value is -1.49. The van der Waals surface area contributed by atoms with Crippen LogP contribution in [0.1, 0.15) is 30.8 Å². The van der Waals surface area contributed by atoms with Crippen LogP contribution >= 0.6 is 0 Å². The molecule has 16 heavy (non-hydrogen) atoms. The Bertz CT molecular complexity index is 521. The predicted octanol–water partition coefficient (Wildman–Crippen LogP) is 0.813. The number of fused-ring (bicyclic) bond motifs is 1. The van der Waals surface area contributed by atoms with Crippen LogP contribution in [0, 0.1) is 6.92 Å². The number of rotatable bonds is 2. The standard InChI is InChI=1S/C11H15N5/c1-8-5-9-14-15-10(16(9)7-13-8)11(6-12)3-2-4-11/h5,7H,2-4,6,12H2,1H3. The van der Waals surface area contributed by atoms with E-state index in [4.69, 9.17) is 5.73 Å². The Kier molecular flexibility index (Phi) is 1.97. The van der Waals surface area contributed by atoms with E-state index < -0.39 is 0 Å². The largest absolute Gasteiger partial charge is 0.329 e. The maximum atomic E-state index is 5.88. The van der Waals surface area contributed by atoms with E-state index in [9.17, 15) is 0 Å². The third kappa shape index (κ3) is 1.18. The lowest BCUT2D eigenvalue weighted by Crippen LogP contribution is -2.43. The molecule has 0 spiro atoms. The summed E-state index contributed by atoms with van der Waals surface area (Å²) in [7, 11) is 0. The lowest BCUT2D eigenvalue weighted by atomic mass is 9.68. The minimum atomic E-state index is 0.0381. The molecule has 1 saturated carbocycles. The Morgan fingerprint density at radius 2 is 2.25 bits per heavy atom. The lowest BCUT2D eigenvalue weighted by molar-refractivity contribution is 0.236. The zero-order valence-corrected chi connectivity index (χ0v) is 9.35. The lowest BCUT2D eigenvalue weighted by Gasteiger charge is -2.38. The molecule has 1 aliphatic carbocycles. The van der Waals surface area contributed by atoms with Gasteiger partial charge in [-0.15, -0.1) is 10.2 Å². The van der Waals surface area contributed by atoms with Crippen LogP contribution in [-0.4, -0.2) is 26.1 Å². The zero-order chi connectivity index (χ0) is 11.2. The second kappa shape index (κ2) is 3.25. The van der Waals surface area contributed by atoms with E-state index in [1.165, 1.54) is 6.42 Å². The van der Waals surface area contributed by atoms with Crippen molar-refractivity contribution in [3.8, 4) is 0 Å². The molecule has 0 unspecified atom stereocenters. The number of nitrogens with zero attached hydrogens (tertiary/aromatic N) is 4. The van der Waals surface area contributed by atoms with Gasteiger partial charge in [0.05, 0.1) is 0 Å². The second-order valence-electron chi connectivity index (χ2n) is 4.62. The van der Waals surface area contributed by atoms with Gasteiger partial charge in [-0.3, -0.25) is 4.40 Å². The van der Waals surface area contributed by atoms with Gasteiger partial charge in [-0.05, 0) is 19.8 Å². The molecule has 2 aromatic rings. The van der Waals surface area contributed by atoms with Crippen LogP contribution in [0.3, 0.4) is 0 Å². The van der Waals surface area contributed by atoms with Crippen molar-refractivity contribution in [3.63, 3.8) is 0 Å². The smallest absolute Gasteiger partial charge is 0.163 e. The van der Waals surface area contributed by atoms with Crippen molar-refractivity contribution in [1.82, 2.24) is 19.6 Å². The van der Waals surface area contributed by atoms with Gasteiger partial charge < -0.3 is 5.73 Å². The zero-order valence-electron chi connectivity index (χ0n) is 9.35. The quantitative estimate of drug-likeness (QED) is 0.808. The SMILES string of the molecule is Cc1cc2nnc(C3(CN)CCC3)n2cn1. The fourth-order valence-electron chi connectivity index (χ4n) is 2.37. The molecule has 0 atom stereocenters. The number of aryl methyl sites for hydroxylation is 1. The first kappa shape index (κ1) is 9.72. The molecule has 0 saturated heterocycles. The minimum absolute atomic E-state index is 0.0381. The molecule has 2 aromatic heterocycles. The van der Waals surface area contributed by atoms with Gasteiger partial charge in [0.2, 0.25) is 0 Å². The first-order valence-electron chi connectivity index (χ1n) is 5.63. The molecule has 1 aliphatic rings. The number of hydrogen-bond acceptors (Lipinski definition) is 4. The van der Waals surface area contributed by atoms with Crippen LogP contribution in [0.5, 0.6) is 0 Å². The average Bonchev–Trinajstić information content (AvgIpc) is 2.61. The summed E-state index contributed by atoms with van der Waals surface area (Å²) in [6.45, 7) is 2.60. The normalized spacial score (nSPS) is 18.6. The molecule has 5 nitrogen and oxygen atoms in total. The van der Waals surface area contributed by atoms with E-state index in [1.54, 1.807) is 6.33 Å². The van der Waals surface area contributed by atoms with Gasteiger partial charge in [0.25, 0.3) is 0 Å². The Labute approximate surface area is 93.7 Å². The molecule has 3 rings (SSSR count). The van der Waals surface area contributed by atoms with Crippen LogP contribution in [0.2, 0.25) is 0 Å². The first-order valence-corrected chi connectivity index (χ1v) is 5.63. The van der Waals surface area contributed by atoms with Crippen molar-refractivity contribution in [2.75, 3.05) is 6.54 Å². The highest BCUT2D eigenvalue weighted by molar-refractivity contribution is 5.39. The summed E-state index contributed by atoms with van der Waals surface area (Å²) in [5, 5.41) is 8.49. The minimum Gasteiger partial charge on any atom is -0.329 e. The Balaban J connectivity index is 2.17. The summed E-state index contributed by atoms with van der Waals surface area (Å²) < 4.78 is 1.97. The third-order valence-electron chi connectivity index (χ3n) is 3.61.